The number of benzene rings is 1. The number of hydrogen-bond donors (Lipinski definition) is 1. The Kier molecular flexibility index (Phi) is 3.22. The van der Waals surface area contributed by atoms with Gasteiger partial charge in [-0.15, -0.1) is 11.6 Å². The Balaban J connectivity index is 3.13. The largest absolute Gasteiger partial charge is 0.507 e. The lowest BCUT2D eigenvalue weighted by Gasteiger charge is -2.02. The van der Waals surface area contributed by atoms with E-state index in [9.17, 15) is 5.11 Å². The summed E-state index contributed by atoms with van der Waals surface area (Å²) in [6.07, 6.45) is 0. The predicted octanol–water partition coefficient (Wildman–Crippen LogP) is 2.60. The van der Waals surface area contributed by atoms with E-state index >= 15 is 0 Å². The Morgan fingerprint density at radius 2 is 1.85 bits per heavy atom. The second-order valence-electron chi connectivity index (χ2n) is 2.89. The van der Waals surface area contributed by atoms with Crippen molar-refractivity contribution in [3.8, 4) is 17.6 Å². The second-order valence-corrected chi connectivity index (χ2v) is 3.16. The first-order valence-electron chi connectivity index (χ1n) is 4.00. The third-order valence-corrected chi connectivity index (χ3v) is 1.92. The number of aryl methyl sites for hydroxylation is 2. The molecule has 1 N–H and O–H groups in total. The van der Waals surface area contributed by atoms with E-state index in [-0.39, 0.29) is 0 Å². The minimum absolute atomic E-state index is 0.332. The summed E-state index contributed by atoms with van der Waals surface area (Å²) in [6.45, 7) is 3.71. The van der Waals surface area contributed by atoms with Gasteiger partial charge in [-0.2, -0.15) is 0 Å². The van der Waals surface area contributed by atoms with Crippen molar-refractivity contribution < 1.29 is 5.11 Å². The summed E-state index contributed by atoms with van der Waals surface area (Å²) >= 11 is 5.44. The molecular weight excluding hydrogens is 184 g/mol. The molecule has 0 aliphatic carbocycles. The lowest BCUT2D eigenvalue weighted by atomic mass is 10.1. The van der Waals surface area contributed by atoms with Crippen LogP contribution >= 0.6 is 11.6 Å². The van der Waals surface area contributed by atoms with Crippen LogP contribution in [0.1, 0.15) is 16.7 Å². The number of phenols is 1. The zero-order valence-electron chi connectivity index (χ0n) is 7.69. The highest BCUT2D eigenvalue weighted by molar-refractivity contribution is 6.19. The third kappa shape index (κ3) is 2.40. The molecule has 13 heavy (non-hydrogen) atoms. The van der Waals surface area contributed by atoms with Crippen molar-refractivity contribution in [1.29, 1.82) is 0 Å². The Bertz CT molecular complexity index is 348. The average molecular weight is 195 g/mol. The normalized spacial score (nSPS) is 9.15. The van der Waals surface area contributed by atoms with Gasteiger partial charge in [0, 0.05) is 5.56 Å². The Hall–Kier alpha value is -1.13. The van der Waals surface area contributed by atoms with Crippen molar-refractivity contribution in [2.75, 3.05) is 5.88 Å². The molecule has 0 spiro atoms. The third-order valence-electron chi connectivity index (χ3n) is 1.79. The summed E-state index contributed by atoms with van der Waals surface area (Å²) < 4.78 is 0. The maximum absolute atomic E-state index is 9.48. The second kappa shape index (κ2) is 4.20. The highest BCUT2D eigenvalue weighted by Crippen LogP contribution is 2.22. The number of alkyl halides is 1. The SMILES string of the molecule is Cc1cc(C#CCCl)cc(C)c1O. The molecule has 0 fully saturated rings. The summed E-state index contributed by atoms with van der Waals surface area (Å²) in [5.41, 5.74) is 2.59. The lowest BCUT2D eigenvalue weighted by Crippen LogP contribution is -1.83. The van der Waals surface area contributed by atoms with Gasteiger partial charge in [0.15, 0.2) is 0 Å². The Morgan fingerprint density at radius 1 is 1.31 bits per heavy atom. The first-order valence-corrected chi connectivity index (χ1v) is 4.53. The highest BCUT2D eigenvalue weighted by atomic mass is 35.5. The van der Waals surface area contributed by atoms with Crippen LogP contribution in [0.3, 0.4) is 0 Å². The molecule has 0 radical (unpaired) electrons. The van der Waals surface area contributed by atoms with Crippen molar-refractivity contribution in [1.82, 2.24) is 0 Å². The number of halogens is 1. The molecule has 0 aromatic heterocycles. The van der Waals surface area contributed by atoms with Gasteiger partial charge in [0.1, 0.15) is 5.75 Å². The van der Waals surface area contributed by atoms with Crippen LogP contribution in [-0.4, -0.2) is 11.0 Å². The molecule has 0 saturated heterocycles. The molecule has 0 saturated carbocycles. The highest BCUT2D eigenvalue weighted by Gasteiger charge is 2.00. The molecule has 0 aliphatic rings. The summed E-state index contributed by atoms with van der Waals surface area (Å²) in [5, 5.41) is 9.48. The van der Waals surface area contributed by atoms with Crippen LogP contribution in [0.15, 0.2) is 12.1 Å². The summed E-state index contributed by atoms with van der Waals surface area (Å²) in [7, 11) is 0. The van der Waals surface area contributed by atoms with E-state index in [0.717, 1.165) is 16.7 Å². The first kappa shape index (κ1) is 9.95. The van der Waals surface area contributed by atoms with Crippen LogP contribution in [0.2, 0.25) is 0 Å². The van der Waals surface area contributed by atoms with Crippen LogP contribution in [-0.2, 0) is 0 Å². The van der Waals surface area contributed by atoms with Crippen molar-refractivity contribution in [3.05, 3.63) is 28.8 Å². The van der Waals surface area contributed by atoms with Gasteiger partial charge in [-0.25, -0.2) is 0 Å². The van der Waals surface area contributed by atoms with Gasteiger partial charge in [-0.05, 0) is 37.1 Å². The van der Waals surface area contributed by atoms with Gasteiger partial charge in [0.25, 0.3) is 0 Å². The summed E-state index contributed by atoms with van der Waals surface area (Å²) in [5.74, 6) is 6.36. The van der Waals surface area contributed by atoms with E-state index in [1.807, 2.05) is 26.0 Å². The molecule has 1 aromatic rings. The van der Waals surface area contributed by atoms with E-state index < -0.39 is 0 Å². The van der Waals surface area contributed by atoms with Gasteiger partial charge < -0.3 is 5.11 Å². The molecule has 1 nitrogen and oxygen atoms in total. The monoisotopic (exact) mass is 194 g/mol. The topological polar surface area (TPSA) is 20.2 Å². The van der Waals surface area contributed by atoms with Crippen LogP contribution in [0.25, 0.3) is 0 Å². The van der Waals surface area contributed by atoms with Crippen LogP contribution in [0.4, 0.5) is 0 Å². The van der Waals surface area contributed by atoms with Gasteiger partial charge in [-0.1, -0.05) is 11.8 Å². The van der Waals surface area contributed by atoms with Crippen molar-refractivity contribution in [2.24, 2.45) is 0 Å². The molecule has 1 rings (SSSR count). The molecule has 0 heterocycles. The number of phenolic OH excluding ortho intramolecular Hbond substituents is 1. The van der Waals surface area contributed by atoms with Gasteiger partial charge in [0.2, 0.25) is 0 Å². The maximum atomic E-state index is 9.48. The number of hydrogen-bond acceptors (Lipinski definition) is 1. The number of rotatable bonds is 0. The molecule has 0 aliphatic heterocycles. The average Bonchev–Trinajstić information content (AvgIpc) is 2.10. The molecular formula is C11H11ClO. The molecule has 68 valence electrons. The van der Waals surface area contributed by atoms with Crippen molar-refractivity contribution >= 4 is 11.6 Å². The minimum atomic E-state index is 0.332. The molecule has 1 aromatic carbocycles. The van der Waals surface area contributed by atoms with E-state index in [2.05, 4.69) is 11.8 Å². The smallest absolute Gasteiger partial charge is 0.121 e. The zero-order valence-corrected chi connectivity index (χ0v) is 8.44. The van der Waals surface area contributed by atoms with Crippen molar-refractivity contribution in [2.45, 2.75) is 13.8 Å². The van der Waals surface area contributed by atoms with Crippen molar-refractivity contribution in [3.63, 3.8) is 0 Å². The maximum Gasteiger partial charge on any atom is 0.121 e. The number of aromatic hydroxyl groups is 1. The fourth-order valence-corrected chi connectivity index (χ4v) is 1.23. The van der Waals surface area contributed by atoms with E-state index in [1.54, 1.807) is 0 Å². The standard InChI is InChI=1S/C11H11ClO/c1-8-6-10(4-3-5-12)7-9(2)11(8)13/h6-7,13H,5H2,1-2H3. The van der Waals surface area contributed by atoms with Crippen LogP contribution in [0.5, 0.6) is 5.75 Å². The molecule has 0 unspecified atom stereocenters. The van der Waals surface area contributed by atoms with Crippen LogP contribution < -0.4 is 0 Å². The Morgan fingerprint density at radius 3 is 2.31 bits per heavy atom. The minimum Gasteiger partial charge on any atom is -0.507 e. The molecule has 0 amide bonds. The summed E-state index contributed by atoms with van der Waals surface area (Å²) in [6, 6.07) is 3.70. The van der Waals surface area contributed by atoms with Crippen LogP contribution in [0, 0.1) is 25.7 Å². The lowest BCUT2D eigenvalue weighted by molar-refractivity contribution is 0.467. The van der Waals surface area contributed by atoms with Gasteiger partial charge >= 0.3 is 0 Å². The van der Waals surface area contributed by atoms with E-state index in [0.29, 0.717) is 11.6 Å². The van der Waals surface area contributed by atoms with Gasteiger partial charge in [0.05, 0.1) is 5.88 Å². The molecule has 2 heteroatoms. The quantitative estimate of drug-likeness (QED) is 0.497. The zero-order chi connectivity index (χ0) is 9.84. The fourth-order valence-electron chi connectivity index (χ4n) is 1.16. The Labute approximate surface area is 83.4 Å². The molecule has 0 bridgehead atoms. The molecule has 0 atom stereocenters. The van der Waals surface area contributed by atoms with Gasteiger partial charge in [-0.3, -0.25) is 0 Å². The fraction of sp³-hybridized carbons (Fsp3) is 0.273. The predicted molar refractivity (Wildman–Crippen MR) is 55.2 cm³/mol. The van der Waals surface area contributed by atoms with E-state index in [4.69, 9.17) is 11.6 Å². The first-order chi connectivity index (χ1) is 6.15. The van der Waals surface area contributed by atoms with E-state index in [1.165, 1.54) is 0 Å². The summed E-state index contributed by atoms with van der Waals surface area (Å²) in [4.78, 5) is 0.